The Bertz CT molecular complexity index is 946. The van der Waals surface area contributed by atoms with Gasteiger partial charge in [-0.1, -0.05) is 6.07 Å². The highest BCUT2D eigenvalue weighted by Crippen LogP contribution is 2.31. The van der Waals surface area contributed by atoms with Crippen molar-refractivity contribution >= 4 is 17.3 Å². The standard InChI is InChI=1S/C19H19N5O/c1-12-7-8-14(11-13(12)2)22-18-17-15(5-3-6-16(17)25)24(23-18)19-20-9-4-10-21-19/h4,7-11H,3,5-6H2,1-2H3,(H,22,23). The molecule has 1 aliphatic rings. The Labute approximate surface area is 145 Å². The summed E-state index contributed by atoms with van der Waals surface area (Å²) in [5, 5.41) is 7.93. The molecule has 3 aromatic rings. The Morgan fingerprint density at radius 2 is 1.88 bits per heavy atom. The summed E-state index contributed by atoms with van der Waals surface area (Å²) in [4.78, 5) is 21.1. The van der Waals surface area contributed by atoms with Gasteiger partial charge in [0.25, 0.3) is 5.95 Å². The molecule has 4 rings (SSSR count). The van der Waals surface area contributed by atoms with E-state index >= 15 is 0 Å². The van der Waals surface area contributed by atoms with Crippen molar-refractivity contribution in [2.75, 3.05) is 5.32 Å². The summed E-state index contributed by atoms with van der Waals surface area (Å²) >= 11 is 0. The van der Waals surface area contributed by atoms with E-state index in [-0.39, 0.29) is 5.78 Å². The summed E-state index contributed by atoms with van der Waals surface area (Å²) in [5.41, 5.74) is 4.89. The lowest BCUT2D eigenvalue weighted by Gasteiger charge is -2.13. The summed E-state index contributed by atoms with van der Waals surface area (Å²) in [6.07, 6.45) is 5.53. The molecular formula is C19H19N5O. The van der Waals surface area contributed by atoms with Gasteiger partial charge in [0.2, 0.25) is 0 Å². The maximum Gasteiger partial charge on any atom is 0.250 e. The number of hydrogen-bond acceptors (Lipinski definition) is 5. The van der Waals surface area contributed by atoms with Gasteiger partial charge < -0.3 is 5.32 Å². The summed E-state index contributed by atoms with van der Waals surface area (Å²) in [6, 6.07) is 7.88. The fourth-order valence-electron chi connectivity index (χ4n) is 3.13. The average molecular weight is 333 g/mol. The molecule has 0 bridgehead atoms. The van der Waals surface area contributed by atoms with Crippen LogP contribution in [0.1, 0.15) is 40.0 Å². The molecular weight excluding hydrogens is 314 g/mol. The number of aryl methyl sites for hydroxylation is 2. The number of hydrogen-bond donors (Lipinski definition) is 1. The van der Waals surface area contributed by atoms with E-state index in [1.165, 1.54) is 11.1 Å². The Hall–Kier alpha value is -3.02. The minimum Gasteiger partial charge on any atom is -0.338 e. The summed E-state index contributed by atoms with van der Waals surface area (Å²) in [5.74, 6) is 1.19. The molecule has 0 saturated heterocycles. The lowest BCUT2D eigenvalue weighted by Crippen LogP contribution is -2.14. The summed E-state index contributed by atoms with van der Waals surface area (Å²) in [7, 11) is 0. The Morgan fingerprint density at radius 3 is 2.64 bits per heavy atom. The van der Waals surface area contributed by atoms with Gasteiger partial charge in [0, 0.05) is 24.5 Å². The highest BCUT2D eigenvalue weighted by molar-refractivity contribution is 6.03. The molecule has 0 saturated carbocycles. The van der Waals surface area contributed by atoms with Crippen LogP contribution in [-0.2, 0) is 6.42 Å². The minimum absolute atomic E-state index is 0.120. The third-order valence-electron chi connectivity index (χ3n) is 4.59. The Morgan fingerprint density at radius 1 is 1.08 bits per heavy atom. The third kappa shape index (κ3) is 2.80. The van der Waals surface area contributed by atoms with Gasteiger partial charge in [-0.05, 0) is 56.0 Å². The molecule has 126 valence electrons. The van der Waals surface area contributed by atoms with Crippen LogP contribution in [0.4, 0.5) is 11.5 Å². The number of carbonyl (C=O) groups excluding carboxylic acids is 1. The van der Waals surface area contributed by atoms with Crippen LogP contribution < -0.4 is 5.32 Å². The van der Waals surface area contributed by atoms with Gasteiger partial charge in [0.1, 0.15) is 0 Å². The lowest BCUT2D eigenvalue weighted by molar-refractivity contribution is 0.0973. The fraction of sp³-hybridized carbons (Fsp3) is 0.263. The maximum atomic E-state index is 12.5. The smallest absolute Gasteiger partial charge is 0.250 e. The van der Waals surface area contributed by atoms with Crippen molar-refractivity contribution < 1.29 is 4.79 Å². The van der Waals surface area contributed by atoms with E-state index < -0.39 is 0 Å². The van der Waals surface area contributed by atoms with Crippen molar-refractivity contribution in [3.8, 4) is 5.95 Å². The van der Waals surface area contributed by atoms with Crippen LogP contribution in [0.15, 0.2) is 36.7 Å². The van der Waals surface area contributed by atoms with Crippen LogP contribution in [-0.4, -0.2) is 25.5 Å². The monoisotopic (exact) mass is 333 g/mol. The van der Waals surface area contributed by atoms with E-state index in [4.69, 9.17) is 0 Å². The first-order valence-electron chi connectivity index (χ1n) is 8.40. The van der Waals surface area contributed by atoms with Gasteiger partial charge in [0.15, 0.2) is 11.6 Å². The number of anilines is 2. The van der Waals surface area contributed by atoms with Gasteiger partial charge in [0.05, 0.1) is 11.3 Å². The highest BCUT2D eigenvalue weighted by atomic mass is 16.1. The molecule has 1 N–H and O–H groups in total. The van der Waals surface area contributed by atoms with Gasteiger partial charge in [-0.2, -0.15) is 0 Å². The molecule has 0 atom stereocenters. The largest absolute Gasteiger partial charge is 0.338 e. The van der Waals surface area contributed by atoms with Crippen LogP contribution in [0, 0.1) is 13.8 Å². The van der Waals surface area contributed by atoms with Gasteiger partial charge in [-0.25, -0.2) is 14.6 Å². The second kappa shape index (κ2) is 6.12. The van der Waals surface area contributed by atoms with Crippen molar-refractivity contribution in [2.24, 2.45) is 0 Å². The third-order valence-corrected chi connectivity index (χ3v) is 4.59. The SMILES string of the molecule is Cc1ccc(Nc2nn(-c3ncccn3)c3c2C(=O)CCC3)cc1C. The zero-order chi connectivity index (χ0) is 17.4. The molecule has 1 aromatic carbocycles. The van der Waals surface area contributed by atoms with E-state index in [0.717, 1.165) is 24.2 Å². The second-order valence-electron chi connectivity index (χ2n) is 6.33. The van der Waals surface area contributed by atoms with Crippen LogP contribution in [0.3, 0.4) is 0 Å². The number of benzene rings is 1. The normalized spacial score (nSPS) is 13.6. The highest BCUT2D eigenvalue weighted by Gasteiger charge is 2.28. The van der Waals surface area contributed by atoms with Crippen LogP contribution in [0.25, 0.3) is 5.95 Å². The number of carbonyl (C=O) groups is 1. The zero-order valence-electron chi connectivity index (χ0n) is 14.3. The Balaban J connectivity index is 1.81. The second-order valence-corrected chi connectivity index (χ2v) is 6.33. The number of ketones is 1. The first-order chi connectivity index (χ1) is 12.1. The van der Waals surface area contributed by atoms with Crippen molar-refractivity contribution in [3.63, 3.8) is 0 Å². The first kappa shape index (κ1) is 15.5. The van der Waals surface area contributed by atoms with E-state index in [0.29, 0.717) is 23.8 Å². The first-order valence-corrected chi connectivity index (χ1v) is 8.40. The Kier molecular flexibility index (Phi) is 3.80. The predicted octanol–water partition coefficient (Wildman–Crippen LogP) is 3.54. The number of fused-ring (bicyclic) bond motifs is 1. The molecule has 1 aliphatic carbocycles. The van der Waals surface area contributed by atoms with E-state index in [1.54, 1.807) is 23.1 Å². The van der Waals surface area contributed by atoms with Crippen molar-refractivity contribution in [3.05, 3.63) is 59.0 Å². The molecule has 0 amide bonds. The molecule has 0 radical (unpaired) electrons. The van der Waals surface area contributed by atoms with Crippen LogP contribution >= 0.6 is 0 Å². The lowest BCUT2D eigenvalue weighted by atomic mass is 9.96. The average Bonchev–Trinajstić information content (AvgIpc) is 2.99. The molecule has 2 aromatic heterocycles. The number of Topliss-reactive ketones (excluding diaryl/α,β-unsaturated/α-hetero) is 1. The number of nitrogens with one attached hydrogen (secondary N) is 1. The quantitative estimate of drug-likeness (QED) is 0.793. The molecule has 6 nitrogen and oxygen atoms in total. The molecule has 0 aliphatic heterocycles. The fourth-order valence-corrected chi connectivity index (χ4v) is 3.13. The van der Waals surface area contributed by atoms with Crippen molar-refractivity contribution in [2.45, 2.75) is 33.1 Å². The van der Waals surface area contributed by atoms with Gasteiger partial charge in [-0.3, -0.25) is 4.79 Å². The molecule has 0 unspecified atom stereocenters. The van der Waals surface area contributed by atoms with E-state index in [1.807, 2.05) is 6.07 Å². The molecule has 0 spiro atoms. The van der Waals surface area contributed by atoms with Crippen LogP contribution in [0.5, 0.6) is 0 Å². The van der Waals surface area contributed by atoms with E-state index in [9.17, 15) is 4.79 Å². The number of rotatable bonds is 3. The molecule has 0 fully saturated rings. The number of aromatic nitrogens is 4. The summed E-state index contributed by atoms with van der Waals surface area (Å²) in [6.45, 7) is 4.14. The molecule has 25 heavy (non-hydrogen) atoms. The zero-order valence-corrected chi connectivity index (χ0v) is 14.3. The number of nitrogens with zero attached hydrogens (tertiary/aromatic N) is 4. The molecule has 2 heterocycles. The predicted molar refractivity (Wildman–Crippen MR) is 95.6 cm³/mol. The minimum atomic E-state index is 0.120. The van der Waals surface area contributed by atoms with Crippen molar-refractivity contribution in [1.82, 2.24) is 19.7 Å². The van der Waals surface area contributed by atoms with E-state index in [2.05, 4.69) is 46.4 Å². The van der Waals surface area contributed by atoms with Crippen LogP contribution in [0.2, 0.25) is 0 Å². The molecule has 6 heteroatoms. The van der Waals surface area contributed by atoms with Crippen molar-refractivity contribution in [1.29, 1.82) is 0 Å². The maximum absolute atomic E-state index is 12.5. The van der Waals surface area contributed by atoms with Gasteiger partial charge in [-0.15, -0.1) is 5.10 Å². The topological polar surface area (TPSA) is 72.7 Å². The summed E-state index contributed by atoms with van der Waals surface area (Å²) < 4.78 is 1.69. The van der Waals surface area contributed by atoms with Gasteiger partial charge >= 0.3 is 0 Å².